The Hall–Kier alpha value is -1.19. The molecule has 0 saturated carbocycles. The maximum Gasteiger partial charge on any atom is 0.123 e. The van der Waals surface area contributed by atoms with Crippen LogP contribution < -0.4 is 5.73 Å². The fourth-order valence-corrected chi connectivity index (χ4v) is 2.52. The Bertz CT molecular complexity index is 579. The lowest BCUT2D eigenvalue weighted by Gasteiger charge is -2.16. The second-order valence-corrected chi connectivity index (χ2v) is 5.80. The van der Waals surface area contributed by atoms with Crippen molar-refractivity contribution in [2.75, 3.05) is 0 Å². The van der Waals surface area contributed by atoms with E-state index in [4.69, 9.17) is 5.73 Å². The van der Waals surface area contributed by atoms with Crippen molar-refractivity contribution in [3.05, 3.63) is 68.4 Å². The molecule has 100 valence electrons. The molecular weight excluding hydrogens is 305 g/mol. The molecule has 19 heavy (non-hydrogen) atoms. The molecule has 0 heterocycles. The van der Waals surface area contributed by atoms with Gasteiger partial charge in [-0.05, 0) is 60.7 Å². The second kappa shape index (κ2) is 5.43. The molecule has 0 fully saturated rings. The van der Waals surface area contributed by atoms with E-state index in [0.717, 1.165) is 32.3 Å². The lowest BCUT2D eigenvalue weighted by molar-refractivity contribution is 0.622. The Kier molecular flexibility index (Phi) is 4.07. The summed E-state index contributed by atoms with van der Waals surface area (Å²) < 4.78 is 14.6. The van der Waals surface area contributed by atoms with Gasteiger partial charge in [0.25, 0.3) is 0 Å². The van der Waals surface area contributed by atoms with E-state index in [1.807, 2.05) is 39.0 Å². The molecule has 1 atom stereocenters. The number of aryl methyl sites for hydroxylation is 3. The summed E-state index contributed by atoms with van der Waals surface area (Å²) in [5.41, 5.74) is 11.2. The predicted molar refractivity (Wildman–Crippen MR) is 80.8 cm³/mol. The summed E-state index contributed by atoms with van der Waals surface area (Å²) in [4.78, 5) is 0. The minimum Gasteiger partial charge on any atom is -0.320 e. The number of hydrogen-bond acceptors (Lipinski definition) is 1. The van der Waals surface area contributed by atoms with Gasteiger partial charge >= 0.3 is 0 Å². The molecule has 0 bridgehead atoms. The topological polar surface area (TPSA) is 26.0 Å². The third-order valence-electron chi connectivity index (χ3n) is 3.24. The van der Waals surface area contributed by atoms with E-state index in [1.54, 1.807) is 0 Å². The largest absolute Gasteiger partial charge is 0.320 e. The van der Waals surface area contributed by atoms with E-state index in [9.17, 15) is 4.39 Å². The van der Waals surface area contributed by atoms with Crippen LogP contribution >= 0.6 is 15.9 Å². The van der Waals surface area contributed by atoms with Crippen LogP contribution in [0.2, 0.25) is 0 Å². The average Bonchev–Trinajstić information content (AvgIpc) is 2.33. The molecule has 0 amide bonds. The van der Waals surface area contributed by atoms with Gasteiger partial charge in [-0.3, -0.25) is 0 Å². The average molecular weight is 322 g/mol. The van der Waals surface area contributed by atoms with Crippen LogP contribution in [-0.2, 0) is 0 Å². The fourth-order valence-electron chi connectivity index (χ4n) is 2.30. The summed E-state index contributed by atoms with van der Waals surface area (Å²) in [5, 5.41) is 0. The number of hydrogen-bond donors (Lipinski definition) is 1. The molecule has 0 saturated heterocycles. The smallest absolute Gasteiger partial charge is 0.123 e. The first kappa shape index (κ1) is 14.2. The second-order valence-electron chi connectivity index (χ2n) is 5.01. The Balaban J connectivity index is 2.46. The van der Waals surface area contributed by atoms with Crippen LogP contribution in [0.15, 0.2) is 34.8 Å². The van der Waals surface area contributed by atoms with E-state index >= 15 is 0 Å². The molecule has 3 heteroatoms. The van der Waals surface area contributed by atoms with Crippen LogP contribution in [0.4, 0.5) is 4.39 Å². The molecule has 0 spiro atoms. The summed E-state index contributed by atoms with van der Waals surface area (Å²) in [6.07, 6.45) is 0. The van der Waals surface area contributed by atoms with Crippen molar-refractivity contribution in [3.63, 3.8) is 0 Å². The van der Waals surface area contributed by atoms with Gasteiger partial charge in [0.15, 0.2) is 0 Å². The zero-order valence-electron chi connectivity index (χ0n) is 11.3. The Morgan fingerprint density at radius 2 is 1.47 bits per heavy atom. The molecule has 2 aromatic rings. The van der Waals surface area contributed by atoms with Crippen LogP contribution in [-0.4, -0.2) is 0 Å². The molecule has 2 N–H and O–H groups in total. The molecule has 0 aliphatic rings. The minimum atomic E-state index is -0.306. The van der Waals surface area contributed by atoms with Gasteiger partial charge < -0.3 is 5.73 Å². The van der Waals surface area contributed by atoms with Gasteiger partial charge in [0, 0.05) is 4.47 Å². The van der Waals surface area contributed by atoms with Crippen molar-refractivity contribution in [2.45, 2.75) is 26.8 Å². The lowest BCUT2D eigenvalue weighted by Crippen LogP contribution is -2.13. The maximum atomic E-state index is 13.5. The Labute approximate surface area is 121 Å². The van der Waals surface area contributed by atoms with Crippen molar-refractivity contribution in [3.8, 4) is 0 Å². The molecule has 1 unspecified atom stereocenters. The normalized spacial score (nSPS) is 12.5. The lowest BCUT2D eigenvalue weighted by atomic mass is 9.95. The van der Waals surface area contributed by atoms with Crippen molar-refractivity contribution < 1.29 is 4.39 Å². The van der Waals surface area contributed by atoms with Gasteiger partial charge in [-0.25, -0.2) is 4.39 Å². The van der Waals surface area contributed by atoms with Crippen LogP contribution in [0.5, 0.6) is 0 Å². The first-order valence-corrected chi connectivity index (χ1v) is 6.97. The highest BCUT2D eigenvalue weighted by Gasteiger charge is 2.13. The summed E-state index contributed by atoms with van der Waals surface area (Å²) in [7, 11) is 0. The SMILES string of the molecule is Cc1cc(F)cc(C(N)c2cc(C)c(Br)c(C)c2)c1. The maximum absolute atomic E-state index is 13.5. The van der Waals surface area contributed by atoms with E-state index in [1.165, 1.54) is 12.1 Å². The van der Waals surface area contributed by atoms with Crippen molar-refractivity contribution in [1.82, 2.24) is 0 Å². The first-order chi connectivity index (χ1) is 8.88. The highest BCUT2D eigenvalue weighted by atomic mass is 79.9. The van der Waals surface area contributed by atoms with Gasteiger partial charge in [-0.15, -0.1) is 0 Å². The number of rotatable bonds is 2. The monoisotopic (exact) mass is 321 g/mol. The summed E-state index contributed by atoms with van der Waals surface area (Å²) in [6, 6.07) is 8.73. The highest BCUT2D eigenvalue weighted by molar-refractivity contribution is 9.10. The van der Waals surface area contributed by atoms with Crippen molar-refractivity contribution >= 4 is 15.9 Å². The molecule has 2 aromatic carbocycles. The third kappa shape index (κ3) is 3.04. The van der Waals surface area contributed by atoms with Crippen molar-refractivity contribution in [1.29, 1.82) is 0 Å². The summed E-state index contributed by atoms with van der Waals surface area (Å²) >= 11 is 3.54. The zero-order chi connectivity index (χ0) is 14.2. The Morgan fingerprint density at radius 3 is 2.00 bits per heavy atom. The molecule has 0 radical (unpaired) electrons. The fraction of sp³-hybridized carbons (Fsp3) is 0.250. The first-order valence-electron chi connectivity index (χ1n) is 6.18. The molecule has 2 rings (SSSR count). The van der Waals surface area contributed by atoms with Gasteiger partial charge in [0.1, 0.15) is 5.82 Å². The summed E-state index contributed by atoms with van der Waals surface area (Å²) in [5.74, 6) is -0.240. The van der Waals surface area contributed by atoms with Crippen LogP contribution in [0, 0.1) is 26.6 Å². The van der Waals surface area contributed by atoms with Gasteiger partial charge in [0.05, 0.1) is 6.04 Å². The van der Waals surface area contributed by atoms with Crippen LogP contribution in [0.1, 0.15) is 33.9 Å². The molecule has 1 nitrogen and oxygen atoms in total. The standard InChI is InChI=1S/C16H17BrFN/c1-9-4-12(8-14(18)5-9)16(19)13-6-10(2)15(17)11(3)7-13/h4-8,16H,19H2,1-3H3. The minimum absolute atomic E-state index is 0.240. The molecule has 0 aliphatic heterocycles. The molecule has 0 aromatic heterocycles. The van der Waals surface area contributed by atoms with E-state index in [0.29, 0.717) is 0 Å². The third-order valence-corrected chi connectivity index (χ3v) is 4.49. The van der Waals surface area contributed by atoms with Gasteiger partial charge in [-0.2, -0.15) is 0 Å². The van der Waals surface area contributed by atoms with E-state index in [-0.39, 0.29) is 11.9 Å². The van der Waals surface area contributed by atoms with Crippen LogP contribution in [0.25, 0.3) is 0 Å². The predicted octanol–water partition coefficient (Wildman–Crippen LogP) is 4.56. The molecule has 0 aliphatic carbocycles. The van der Waals surface area contributed by atoms with Crippen molar-refractivity contribution in [2.24, 2.45) is 5.73 Å². The number of halogens is 2. The summed E-state index contributed by atoms with van der Waals surface area (Å²) in [6.45, 7) is 5.94. The quantitative estimate of drug-likeness (QED) is 0.862. The van der Waals surface area contributed by atoms with Crippen LogP contribution in [0.3, 0.4) is 0 Å². The zero-order valence-corrected chi connectivity index (χ0v) is 12.9. The van der Waals surface area contributed by atoms with Gasteiger partial charge in [-0.1, -0.05) is 34.1 Å². The number of benzene rings is 2. The van der Waals surface area contributed by atoms with Gasteiger partial charge in [0.2, 0.25) is 0 Å². The number of nitrogens with two attached hydrogens (primary N) is 1. The van der Waals surface area contributed by atoms with E-state index in [2.05, 4.69) is 15.9 Å². The molecular formula is C16H17BrFN. The van der Waals surface area contributed by atoms with E-state index < -0.39 is 0 Å². The Morgan fingerprint density at radius 1 is 0.947 bits per heavy atom. The highest BCUT2D eigenvalue weighted by Crippen LogP contribution is 2.28.